The molecule has 2 N–H and O–H groups in total. The predicted molar refractivity (Wildman–Crippen MR) is 137 cm³/mol. The monoisotopic (exact) mass is 481 g/mol. The highest BCUT2D eigenvalue weighted by molar-refractivity contribution is 5.76. The molecule has 1 aromatic carbocycles. The van der Waals surface area contributed by atoms with E-state index in [1.54, 1.807) is 0 Å². The second kappa shape index (κ2) is 12.4. The molecule has 7 nitrogen and oxygen atoms in total. The number of unbranched alkanes of at least 4 members (excludes halogenated alkanes) is 1. The lowest BCUT2D eigenvalue weighted by Crippen LogP contribution is -2.34. The van der Waals surface area contributed by atoms with Crippen molar-refractivity contribution in [1.82, 2.24) is 9.88 Å². The number of carboxylic acid groups (broad SMARTS) is 1. The number of ether oxygens (including phenoxy) is 2. The Hall–Kier alpha value is -2.64. The van der Waals surface area contributed by atoms with Crippen molar-refractivity contribution >= 4 is 11.8 Å². The molecule has 190 valence electrons. The Morgan fingerprint density at radius 2 is 2.09 bits per heavy atom. The van der Waals surface area contributed by atoms with Crippen LogP contribution in [0.2, 0.25) is 0 Å². The Kier molecular flexibility index (Phi) is 8.99. The van der Waals surface area contributed by atoms with E-state index in [0.29, 0.717) is 43.5 Å². The highest BCUT2D eigenvalue weighted by atomic mass is 16.5. The van der Waals surface area contributed by atoms with Crippen LogP contribution in [0.4, 0.5) is 5.82 Å². The average Bonchev–Trinajstić information content (AvgIpc) is 3.31. The van der Waals surface area contributed by atoms with Gasteiger partial charge in [0.1, 0.15) is 17.6 Å². The molecule has 0 saturated carbocycles. The molecule has 2 aliphatic rings. The van der Waals surface area contributed by atoms with Crippen LogP contribution in [0.15, 0.2) is 36.4 Å². The van der Waals surface area contributed by atoms with Gasteiger partial charge in [-0.05, 0) is 62.1 Å². The number of rotatable bonds is 12. The Morgan fingerprint density at radius 1 is 1.23 bits per heavy atom. The molecular formula is C28H39N3O4. The third-order valence-corrected chi connectivity index (χ3v) is 6.69. The van der Waals surface area contributed by atoms with Gasteiger partial charge in [-0.3, -0.25) is 9.69 Å². The first kappa shape index (κ1) is 25.5. The summed E-state index contributed by atoms with van der Waals surface area (Å²) in [5.74, 6) is 1.23. The minimum absolute atomic E-state index is 0.0617. The molecule has 7 heteroatoms. The van der Waals surface area contributed by atoms with Crippen molar-refractivity contribution in [3.63, 3.8) is 0 Å². The predicted octanol–water partition coefficient (Wildman–Crippen LogP) is 4.71. The molecule has 0 bridgehead atoms. The van der Waals surface area contributed by atoms with E-state index in [2.05, 4.69) is 31.3 Å². The smallest absolute Gasteiger partial charge is 0.325 e. The molecule has 1 fully saturated rings. The van der Waals surface area contributed by atoms with Gasteiger partial charge in [0.15, 0.2) is 0 Å². The summed E-state index contributed by atoms with van der Waals surface area (Å²) >= 11 is 0. The van der Waals surface area contributed by atoms with Gasteiger partial charge in [0.2, 0.25) is 0 Å². The molecule has 2 atom stereocenters. The van der Waals surface area contributed by atoms with Gasteiger partial charge in [0.05, 0.1) is 12.7 Å². The van der Waals surface area contributed by atoms with Gasteiger partial charge in [-0.25, -0.2) is 4.98 Å². The van der Waals surface area contributed by atoms with Gasteiger partial charge < -0.3 is 19.9 Å². The maximum Gasteiger partial charge on any atom is 0.325 e. The van der Waals surface area contributed by atoms with E-state index < -0.39 is 12.0 Å². The topological polar surface area (TPSA) is 83.9 Å². The van der Waals surface area contributed by atoms with Crippen molar-refractivity contribution in [2.75, 3.05) is 38.2 Å². The number of fused-ring (bicyclic) bond motifs is 1. The molecule has 0 spiro atoms. The minimum Gasteiger partial charge on any atom is -0.493 e. The van der Waals surface area contributed by atoms with Gasteiger partial charge in [-0.2, -0.15) is 0 Å². The fourth-order valence-corrected chi connectivity index (χ4v) is 4.87. The second-order valence-electron chi connectivity index (χ2n) is 10.1. The van der Waals surface area contributed by atoms with Crippen molar-refractivity contribution in [3.05, 3.63) is 53.2 Å². The minimum atomic E-state index is -0.849. The zero-order chi connectivity index (χ0) is 24.6. The van der Waals surface area contributed by atoms with Crippen LogP contribution in [0.3, 0.4) is 0 Å². The number of hydrogen-bond donors (Lipinski definition) is 2. The van der Waals surface area contributed by atoms with E-state index in [1.807, 2.05) is 29.2 Å². The summed E-state index contributed by atoms with van der Waals surface area (Å²) in [6.07, 6.45) is 6.14. The number of nitrogens with zero attached hydrogens (tertiary/aromatic N) is 2. The summed E-state index contributed by atoms with van der Waals surface area (Å²) in [7, 11) is 0. The normalized spacial score (nSPS) is 18.8. The molecule has 2 aromatic rings. The number of likely N-dealkylation sites (tertiary alicyclic amines) is 1. The summed E-state index contributed by atoms with van der Waals surface area (Å²) in [6.45, 7) is 7.75. The van der Waals surface area contributed by atoms with E-state index >= 15 is 0 Å². The lowest BCUT2D eigenvalue weighted by molar-refractivity contribution is -0.143. The van der Waals surface area contributed by atoms with Crippen LogP contribution < -0.4 is 10.1 Å². The third-order valence-electron chi connectivity index (χ3n) is 6.69. The number of aromatic nitrogens is 1. The van der Waals surface area contributed by atoms with Crippen LogP contribution in [0.25, 0.3) is 0 Å². The van der Waals surface area contributed by atoms with E-state index in [0.717, 1.165) is 50.2 Å². The molecule has 0 radical (unpaired) electrons. The van der Waals surface area contributed by atoms with Crippen molar-refractivity contribution < 1.29 is 19.4 Å². The van der Waals surface area contributed by atoms with Crippen LogP contribution in [-0.4, -0.2) is 59.9 Å². The SMILES string of the molecule is CC(C)COc1ccccc1C(C(=O)O)N1CC[C@@H](OCCCCc2ccc3c(n2)NCCC3)C1. The van der Waals surface area contributed by atoms with Crippen molar-refractivity contribution in [2.45, 2.75) is 64.5 Å². The molecular weight excluding hydrogens is 442 g/mol. The quantitative estimate of drug-likeness (QED) is 0.425. The number of pyridine rings is 1. The van der Waals surface area contributed by atoms with Crippen LogP contribution in [0.5, 0.6) is 5.75 Å². The van der Waals surface area contributed by atoms with Gasteiger partial charge in [-0.15, -0.1) is 0 Å². The first-order valence-corrected chi connectivity index (χ1v) is 13.0. The van der Waals surface area contributed by atoms with E-state index in [1.165, 1.54) is 12.0 Å². The summed E-state index contributed by atoms with van der Waals surface area (Å²) in [5, 5.41) is 13.5. The summed E-state index contributed by atoms with van der Waals surface area (Å²) in [6, 6.07) is 11.1. The fourth-order valence-electron chi connectivity index (χ4n) is 4.87. The number of para-hydroxylation sites is 1. The van der Waals surface area contributed by atoms with Crippen LogP contribution in [-0.2, 0) is 22.4 Å². The number of nitrogens with one attached hydrogen (secondary N) is 1. The maximum absolute atomic E-state index is 12.3. The number of aliphatic carboxylic acids is 1. The van der Waals surface area contributed by atoms with Crippen molar-refractivity contribution in [2.24, 2.45) is 5.92 Å². The number of aryl methyl sites for hydroxylation is 2. The first-order valence-electron chi connectivity index (χ1n) is 13.0. The number of carboxylic acids is 1. The molecule has 0 amide bonds. The van der Waals surface area contributed by atoms with Crippen molar-refractivity contribution in [3.8, 4) is 5.75 Å². The lowest BCUT2D eigenvalue weighted by Gasteiger charge is -2.26. The van der Waals surface area contributed by atoms with Gasteiger partial charge in [0.25, 0.3) is 0 Å². The van der Waals surface area contributed by atoms with E-state index in [9.17, 15) is 9.90 Å². The molecule has 35 heavy (non-hydrogen) atoms. The van der Waals surface area contributed by atoms with E-state index in [-0.39, 0.29) is 6.10 Å². The Balaban J connectivity index is 1.24. The summed E-state index contributed by atoms with van der Waals surface area (Å²) < 4.78 is 12.1. The molecule has 3 heterocycles. The fraction of sp³-hybridized carbons (Fsp3) is 0.571. The Morgan fingerprint density at radius 3 is 2.91 bits per heavy atom. The number of carbonyl (C=O) groups is 1. The van der Waals surface area contributed by atoms with Crippen LogP contribution >= 0.6 is 0 Å². The largest absolute Gasteiger partial charge is 0.493 e. The van der Waals surface area contributed by atoms with Crippen molar-refractivity contribution in [1.29, 1.82) is 0 Å². The van der Waals surface area contributed by atoms with Crippen LogP contribution in [0.1, 0.15) is 62.4 Å². The summed E-state index contributed by atoms with van der Waals surface area (Å²) in [5.41, 5.74) is 3.17. The molecule has 1 saturated heterocycles. The van der Waals surface area contributed by atoms with Gasteiger partial charge in [-0.1, -0.05) is 38.1 Å². The third kappa shape index (κ3) is 6.95. The second-order valence-corrected chi connectivity index (χ2v) is 10.1. The Labute approximate surface area is 208 Å². The lowest BCUT2D eigenvalue weighted by atomic mass is 10.0. The molecule has 1 unspecified atom stereocenters. The molecule has 1 aromatic heterocycles. The standard InChI is InChI=1S/C28H39N3O4/c1-20(2)19-35-25-11-4-3-10-24(25)26(28(32)33)31-16-14-23(18-31)34-17-6-5-9-22-13-12-21-8-7-15-29-27(21)30-22/h3-4,10-13,20,23,26H,5-9,14-19H2,1-2H3,(H,29,30)(H,32,33)/t23-,26?/m1/s1. The molecule has 0 aliphatic carbocycles. The number of benzene rings is 1. The summed E-state index contributed by atoms with van der Waals surface area (Å²) in [4.78, 5) is 19.0. The highest BCUT2D eigenvalue weighted by Crippen LogP contribution is 2.33. The highest BCUT2D eigenvalue weighted by Gasteiger charge is 2.35. The Bertz CT molecular complexity index is 980. The van der Waals surface area contributed by atoms with Crippen LogP contribution in [0, 0.1) is 5.92 Å². The average molecular weight is 482 g/mol. The zero-order valence-electron chi connectivity index (χ0n) is 21.0. The van der Waals surface area contributed by atoms with Gasteiger partial charge >= 0.3 is 5.97 Å². The maximum atomic E-state index is 12.3. The molecule has 4 rings (SSSR count). The zero-order valence-corrected chi connectivity index (χ0v) is 21.0. The number of hydrogen-bond acceptors (Lipinski definition) is 6. The van der Waals surface area contributed by atoms with E-state index in [4.69, 9.17) is 14.5 Å². The van der Waals surface area contributed by atoms with Gasteiger partial charge in [0, 0.05) is 37.5 Å². The number of anilines is 1. The first-order chi connectivity index (χ1) is 17.0. The molecule has 2 aliphatic heterocycles.